The van der Waals surface area contributed by atoms with Crippen LogP contribution in [0, 0.1) is 13.8 Å². The van der Waals surface area contributed by atoms with Gasteiger partial charge in [-0.25, -0.2) is 4.98 Å². The molecule has 1 aromatic carbocycles. The fourth-order valence-electron chi connectivity index (χ4n) is 1.78. The number of nitrogens with two attached hydrogens (primary N) is 1. The van der Waals surface area contributed by atoms with E-state index < -0.39 is 0 Å². The molecule has 2 nitrogen and oxygen atoms in total. The van der Waals surface area contributed by atoms with Crippen LogP contribution >= 0.6 is 23.1 Å². The number of thioether (sulfide) groups is 1. The third kappa shape index (κ3) is 3.13. The summed E-state index contributed by atoms with van der Waals surface area (Å²) in [5.74, 6) is 0. The fraction of sp³-hybridized carbons (Fsp3) is 0.357. The summed E-state index contributed by atoms with van der Waals surface area (Å²) in [6.07, 6.45) is 2.90. The number of benzene rings is 1. The van der Waals surface area contributed by atoms with Crippen LogP contribution in [0.2, 0.25) is 0 Å². The Kier molecular flexibility index (Phi) is 4.43. The van der Waals surface area contributed by atoms with Gasteiger partial charge in [-0.3, -0.25) is 0 Å². The van der Waals surface area contributed by atoms with Crippen LogP contribution in [-0.4, -0.2) is 11.2 Å². The minimum atomic E-state index is 0.0332. The highest BCUT2D eigenvalue weighted by atomic mass is 32.2. The van der Waals surface area contributed by atoms with Crippen LogP contribution in [0.1, 0.15) is 27.2 Å². The lowest BCUT2D eigenvalue weighted by Gasteiger charge is -2.10. The van der Waals surface area contributed by atoms with Crippen LogP contribution in [-0.2, 0) is 6.42 Å². The quantitative estimate of drug-likeness (QED) is 0.866. The van der Waals surface area contributed by atoms with Gasteiger partial charge in [-0.1, -0.05) is 12.1 Å². The fourth-order valence-corrected chi connectivity index (χ4v) is 3.18. The van der Waals surface area contributed by atoms with Crippen LogP contribution in [0.15, 0.2) is 29.2 Å². The molecule has 2 N–H and O–H groups in total. The zero-order valence-electron chi connectivity index (χ0n) is 10.9. The van der Waals surface area contributed by atoms with Crippen molar-refractivity contribution in [2.75, 3.05) is 6.26 Å². The van der Waals surface area contributed by atoms with Crippen molar-refractivity contribution in [1.82, 2.24) is 4.98 Å². The molecule has 18 heavy (non-hydrogen) atoms. The standard InChI is InChI=1S/C14H18N2S2/c1-9-10(2)18-14(16-9)8-13(15)11-4-6-12(17-3)7-5-11/h4-7,13H,8,15H2,1-3H3. The number of thiazole rings is 1. The molecule has 0 aliphatic rings. The maximum Gasteiger partial charge on any atom is 0.0949 e. The van der Waals surface area contributed by atoms with Gasteiger partial charge in [0.2, 0.25) is 0 Å². The first kappa shape index (κ1) is 13.6. The molecular formula is C14H18N2S2. The van der Waals surface area contributed by atoms with E-state index in [0.717, 1.165) is 17.1 Å². The van der Waals surface area contributed by atoms with E-state index in [2.05, 4.69) is 42.4 Å². The van der Waals surface area contributed by atoms with E-state index in [1.807, 2.05) is 6.92 Å². The number of nitrogens with zero attached hydrogens (tertiary/aromatic N) is 1. The van der Waals surface area contributed by atoms with Crippen molar-refractivity contribution in [3.05, 3.63) is 45.4 Å². The van der Waals surface area contributed by atoms with Crippen molar-refractivity contribution in [3.8, 4) is 0 Å². The van der Waals surface area contributed by atoms with E-state index in [-0.39, 0.29) is 6.04 Å². The summed E-state index contributed by atoms with van der Waals surface area (Å²) >= 11 is 3.50. The predicted octanol–water partition coefficient (Wildman–Crippen LogP) is 3.72. The molecule has 1 unspecified atom stereocenters. The highest BCUT2D eigenvalue weighted by Crippen LogP contribution is 2.23. The zero-order valence-corrected chi connectivity index (χ0v) is 12.6. The molecule has 0 bridgehead atoms. The summed E-state index contributed by atoms with van der Waals surface area (Å²) in [6, 6.07) is 8.51. The Morgan fingerprint density at radius 3 is 2.44 bits per heavy atom. The van der Waals surface area contributed by atoms with Gasteiger partial charge in [0.15, 0.2) is 0 Å². The normalized spacial score (nSPS) is 12.7. The Balaban J connectivity index is 2.08. The van der Waals surface area contributed by atoms with E-state index in [9.17, 15) is 0 Å². The number of aryl methyl sites for hydroxylation is 2. The minimum Gasteiger partial charge on any atom is -0.324 e. The van der Waals surface area contributed by atoms with Gasteiger partial charge in [-0.15, -0.1) is 23.1 Å². The molecule has 1 aromatic heterocycles. The summed E-state index contributed by atoms with van der Waals surface area (Å²) in [5.41, 5.74) is 8.54. The summed E-state index contributed by atoms with van der Waals surface area (Å²) in [4.78, 5) is 7.10. The van der Waals surface area contributed by atoms with Gasteiger partial charge < -0.3 is 5.73 Å². The van der Waals surface area contributed by atoms with Gasteiger partial charge in [-0.2, -0.15) is 0 Å². The first-order valence-electron chi connectivity index (χ1n) is 5.92. The van der Waals surface area contributed by atoms with Crippen molar-refractivity contribution in [1.29, 1.82) is 0 Å². The van der Waals surface area contributed by atoms with Gasteiger partial charge in [0.1, 0.15) is 0 Å². The van der Waals surface area contributed by atoms with Crippen LogP contribution in [0.25, 0.3) is 0 Å². The number of aromatic nitrogens is 1. The Hall–Kier alpha value is -0.840. The molecule has 4 heteroatoms. The third-order valence-corrected chi connectivity index (χ3v) is 4.85. The second kappa shape index (κ2) is 5.87. The molecule has 0 saturated carbocycles. The topological polar surface area (TPSA) is 38.9 Å². The third-order valence-electron chi connectivity index (χ3n) is 3.01. The maximum atomic E-state index is 6.24. The Morgan fingerprint density at radius 1 is 1.28 bits per heavy atom. The maximum absolute atomic E-state index is 6.24. The predicted molar refractivity (Wildman–Crippen MR) is 80.4 cm³/mol. The van der Waals surface area contributed by atoms with Crippen molar-refractivity contribution in [2.24, 2.45) is 5.73 Å². The molecule has 1 atom stereocenters. The van der Waals surface area contributed by atoms with Crippen molar-refractivity contribution >= 4 is 23.1 Å². The molecule has 2 aromatic rings. The Morgan fingerprint density at radius 2 is 1.94 bits per heavy atom. The SMILES string of the molecule is CSc1ccc(C(N)Cc2nc(C)c(C)s2)cc1. The lowest BCUT2D eigenvalue weighted by atomic mass is 10.1. The van der Waals surface area contributed by atoms with E-state index in [1.165, 1.54) is 15.3 Å². The highest BCUT2D eigenvalue weighted by molar-refractivity contribution is 7.98. The minimum absolute atomic E-state index is 0.0332. The molecule has 0 spiro atoms. The molecular weight excluding hydrogens is 260 g/mol. The summed E-state index contributed by atoms with van der Waals surface area (Å²) < 4.78 is 0. The molecule has 0 fully saturated rings. The Bertz CT molecular complexity index is 498. The molecule has 0 radical (unpaired) electrons. The van der Waals surface area contributed by atoms with Crippen LogP contribution in [0.4, 0.5) is 0 Å². The number of hydrogen-bond donors (Lipinski definition) is 1. The average molecular weight is 278 g/mol. The monoisotopic (exact) mass is 278 g/mol. The summed E-state index contributed by atoms with van der Waals surface area (Å²) in [6.45, 7) is 4.16. The zero-order chi connectivity index (χ0) is 13.1. The smallest absolute Gasteiger partial charge is 0.0949 e. The second-order valence-corrected chi connectivity index (χ2v) is 6.50. The molecule has 2 rings (SSSR count). The lowest BCUT2D eigenvalue weighted by Crippen LogP contribution is -2.13. The second-order valence-electron chi connectivity index (χ2n) is 4.33. The van der Waals surface area contributed by atoms with Gasteiger partial charge in [0.25, 0.3) is 0 Å². The molecule has 0 saturated heterocycles. The first-order chi connectivity index (χ1) is 8.60. The summed E-state index contributed by atoms with van der Waals surface area (Å²) in [5, 5.41) is 1.13. The lowest BCUT2D eigenvalue weighted by molar-refractivity contribution is 0.716. The van der Waals surface area contributed by atoms with Gasteiger partial charge >= 0.3 is 0 Å². The summed E-state index contributed by atoms with van der Waals surface area (Å²) in [7, 11) is 0. The highest BCUT2D eigenvalue weighted by Gasteiger charge is 2.11. The first-order valence-corrected chi connectivity index (χ1v) is 7.96. The molecule has 0 aliphatic carbocycles. The van der Waals surface area contributed by atoms with Crippen molar-refractivity contribution < 1.29 is 0 Å². The van der Waals surface area contributed by atoms with Gasteiger partial charge in [-0.05, 0) is 37.8 Å². The number of rotatable bonds is 4. The average Bonchev–Trinajstić information content (AvgIpc) is 2.68. The molecule has 96 valence electrons. The van der Waals surface area contributed by atoms with E-state index in [1.54, 1.807) is 23.1 Å². The van der Waals surface area contributed by atoms with Crippen LogP contribution in [0.3, 0.4) is 0 Å². The van der Waals surface area contributed by atoms with E-state index >= 15 is 0 Å². The van der Waals surface area contributed by atoms with Gasteiger partial charge in [0, 0.05) is 22.2 Å². The molecule has 0 amide bonds. The number of hydrogen-bond acceptors (Lipinski definition) is 4. The molecule has 1 heterocycles. The van der Waals surface area contributed by atoms with E-state index in [4.69, 9.17) is 5.73 Å². The van der Waals surface area contributed by atoms with Crippen molar-refractivity contribution in [3.63, 3.8) is 0 Å². The van der Waals surface area contributed by atoms with Gasteiger partial charge in [0.05, 0.1) is 10.7 Å². The van der Waals surface area contributed by atoms with Crippen molar-refractivity contribution in [2.45, 2.75) is 31.2 Å². The molecule has 0 aliphatic heterocycles. The van der Waals surface area contributed by atoms with E-state index in [0.29, 0.717) is 0 Å². The van der Waals surface area contributed by atoms with Crippen LogP contribution in [0.5, 0.6) is 0 Å². The Labute approximate surface area is 117 Å². The van der Waals surface area contributed by atoms with Crippen LogP contribution < -0.4 is 5.73 Å². The largest absolute Gasteiger partial charge is 0.324 e.